The molecule has 1 aromatic carbocycles. The number of likely N-dealkylation sites (N-methyl/N-ethyl adjacent to an activating group) is 1. The minimum atomic E-state index is -3.95. The highest BCUT2D eigenvalue weighted by Crippen LogP contribution is 2.21. The van der Waals surface area contributed by atoms with E-state index in [1.165, 1.54) is 30.2 Å². The Hall–Kier alpha value is -1.11. The molecule has 0 unspecified atom stereocenters. The third kappa shape index (κ3) is 4.19. The second-order valence-corrected chi connectivity index (χ2v) is 6.35. The molecule has 1 aromatic rings. The number of nitrogens with zero attached hydrogens (tertiary/aromatic N) is 1. The van der Waals surface area contributed by atoms with Crippen LogP contribution in [0.15, 0.2) is 29.2 Å². The number of rotatable bonds is 6. The van der Waals surface area contributed by atoms with Gasteiger partial charge in [0.1, 0.15) is 0 Å². The summed E-state index contributed by atoms with van der Waals surface area (Å²) in [6.07, 6.45) is 0. The van der Waals surface area contributed by atoms with E-state index in [2.05, 4.69) is 0 Å². The normalized spacial score (nSPS) is 11.3. The molecule has 0 aromatic heterocycles. The lowest BCUT2D eigenvalue weighted by molar-refractivity contribution is 0.0702. The van der Waals surface area contributed by atoms with Gasteiger partial charge in [0, 0.05) is 30.9 Å². The number of hydrogen-bond donors (Lipinski definition) is 0. The third-order valence-electron chi connectivity index (χ3n) is 2.61. The quantitative estimate of drug-likeness (QED) is 0.751. The van der Waals surface area contributed by atoms with E-state index in [4.69, 9.17) is 15.4 Å². The van der Waals surface area contributed by atoms with Crippen LogP contribution in [-0.4, -0.2) is 46.0 Å². The summed E-state index contributed by atoms with van der Waals surface area (Å²) in [5.41, 5.74) is 0.0791. The van der Waals surface area contributed by atoms with Crippen LogP contribution in [0.4, 0.5) is 0 Å². The lowest BCUT2D eigenvalue weighted by Crippen LogP contribution is -2.34. The fraction of sp³-hybridized carbons (Fsp3) is 0.417. The predicted molar refractivity (Wildman–Crippen MR) is 72.9 cm³/mol. The summed E-state index contributed by atoms with van der Waals surface area (Å²) in [6, 6.07) is 5.90. The van der Waals surface area contributed by atoms with Crippen molar-refractivity contribution < 1.29 is 17.9 Å². The summed E-state index contributed by atoms with van der Waals surface area (Å²) in [7, 11) is 2.93. The fourth-order valence-corrected chi connectivity index (χ4v) is 2.69. The van der Waals surface area contributed by atoms with Gasteiger partial charge in [-0.2, -0.15) is 0 Å². The predicted octanol–water partition coefficient (Wildman–Crippen LogP) is 1.72. The van der Waals surface area contributed by atoms with Crippen molar-refractivity contribution in [1.82, 2.24) is 4.90 Å². The summed E-state index contributed by atoms with van der Waals surface area (Å²) in [6.45, 7) is 3.04. The van der Waals surface area contributed by atoms with E-state index in [-0.39, 0.29) is 16.4 Å². The van der Waals surface area contributed by atoms with E-state index in [1.807, 2.05) is 6.92 Å². The highest BCUT2D eigenvalue weighted by Gasteiger charge is 2.23. The summed E-state index contributed by atoms with van der Waals surface area (Å²) < 4.78 is 27.8. The molecule has 0 fully saturated rings. The summed E-state index contributed by atoms with van der Waals surface area (Å²) in [5.74, 6) is -0.376. The van der Waals surface area contributed by atoms with E-state index < -0.39 is 9.05 Å². The molecule has 0 radical (unpaired) electrons. The maximum Gasteiger partial charge on any atom is 0.262 e. The summed E-state index contributed by atoms with van der Waals surface area (Å²) in [4.78, 5) is 13.6. The molecule has 19 heavy (non-hydrogen) atoms. The van der Waals surface area contributed by atoms with Crippen LogP contribution in [0.3, 0.4) is 0 Å². The second kappa shape index (κ2) is 6.88. The minimum Gasteiger partial charge on any atom is -0.383 e. The smallest absolute Gasteiger partial charge is 0.262 e. The Kier molecular flexibility index (Phi) is 5.78. The van der Waals surface area contributed by atoms with Crippen molar-refractivity contribution >= 4 is 25.6 Å². The SMILES string of the molecule is CCN(CCOC)C(=O)c1ccccc1S(=O)(=O)Cl. The Balaban J connectivity index is 3.12. The molecule has 0 aliphatic heterocycles. The van der Waals surface area contributed by atoms with Crippen molar-refractivity contribution in [2.75, 3.05) is 26.8 Å². The number of amides is 1. The molecule has 0 saturated heterocycles. The van der Waals surface area contributed by atoms with Gasteiger partial charge in [0.05, 0.1) is 17.1 Å². The number of halogens is 1. The highest BCUT2D eigenvalue weighted by molar-refractivity contribution is 8.13. The lowest BCUT2D eigenvalue weighted by atomic mass is 10.2. The van der Waals surface area contributed by atoms with Crippen LogP contribution < -0.4 is 0 Å². The van der Waals surface area contributed by atoms with Gasteiger partial charge < -0.3 is 9.64 Å². The van der Waals surface area contributed by atoms with Crippen molar-refractivity contribution in [3.63, 3.8) is 0 Å². The molecule has 0 atom stereocenters. The average Bonchev–Trinajstić information content (AvgIpc) is 2.38. The standard InChI is InChI=1S/C12H16ClNO4S/c1-3-14(8-9-18-2)12(15)10-6-4-5-7-11(10)19(13,16)17/h4-7H,3,8-9H2,1-2H3. The largest absolute Gasteiger partial charge is 0.383 e. The number of ether oxygens (including phenoxy) is 1. The molecule has 106 valence electrons. The van der Waals surface area contributed by atoms with E-state index in [9.17, 15) is 13.2 Å². The Labute approximate surface area is 117 Å². The van der Waals surface area contributed by atoms with Crippen LogP contribution in [0.1, 0.15) is 17.3 Å². The van der Waals surface area contributed by atoms with Crippen molar-refractivity contribution in [3.8, 4) is 0 Å². The monoisotopic (exact) mass is 305 g/mol. The zero-order valence-electron chi connectivity index (χ0n) is 10.8. The first kappa shape index (κ1) is 15.9. The van der Waals surface area contributed by atoms with E-state index in [0.29, 0.717) is 19.7 Å². The van der Waals surface area contributed by atoms with Gasteiger partial charge >= 0.3 is 0 Å². The molecule has 1 amide bonds. The molecular formula is C12H16ClNO4S. The number of methoxy groups -OCH3 is 1. The van der Waals surface area contributed by atoms with Gasteiger partial charge in [0.25, 0.3) is 15.0 Å². The van der Waals surface area contributed by atoms with Crippen LogP contribution >= 0.6 is 10.7 Å². The number of benzene rings is 1. The Morgan fingerprint density at radius 1 is 1.37 bits per heavy atom. The van der Waals surface area contributed by atoms with Gasteiger partial charge in [-0.05, 0) is 19.1 Å². The van der Waals surface area contributed by atoms with Crippen LogP contribution in [0.25, 0.3) is 0 Å². The topological polar surface area (TPSA) is 63.7 Å². The Morgan fingerprint density at radius 3 is 2.53 bits per heavy atom. The van der Waals surface area contributed by atoms with Crippen LogP contribution in [0, 0.1) is 0 Å². The van der Waals surface area contributed by atoms with Gasteiger partial charge in [-0.25, -0.2) is 8.42 Å². The first-order chi connectivity index (χ1) is 8.91. The fourth-order valence-electron chi connectivity index (χ4n) is 1.63. The molecular weight excluding hydrogens is 290 g/mol. The lowest BCUT2D eigenvalue weighted by Gasteiger charge is -2.21. The summed E-state index contributed by atoms with van der Waals surface area (Å²) >= 11 is 0. The minimum absolute atomic E-state index is 0.0791. The molecule has 0 saturated carbocycles. The van der Waals surface area contributed by atoms with Gasteiger partial charge in [-0.3, -0.25) is 4.79 Å². The van der Waals surface area contributed by atoms with Crippen molar-refractivity contribution in [1.29, 1.82) is 0 Å². The zero-order chi connectivity index (χ0) is 14.5. The van der Waals surface area contributed by atoms with Crippen molar-refractivity contribution in [3.05, 3.63) is 29.8 Å². The zero-order valence-corrected chi connectivity index (χ0v) is 12.4. The molecule has 0 heterocycles. The number of hydrogen-bond acceptors (Lipinski definition) is 4. The number of carbonyl (C=O) groups excluding carboxylic acids is 1. The Bertz CT molecular complexity index is 544. The van der Waals surface area contributed by atoms with Gasteiger partial charge in [-0.1, -0.05) is 12.1 Å². The average molecular weight is 306 g/mol. The molecule has 7 heteroatoms. The molecule has 0 N–H and O–H groups in total. The molecule has 0 bridgehead atoms. The van der Waals surface area contributed by atoms with E-state index in [1.54, 1.807) is 6.07 Å². The molecule has 0 aliphatic rings. The van der Waals surface area contributed by atoms with Crippen molar-refractivity contribution in [2.24, 2.45) is 0 Å². The van der Waals surface area contributed by atoms with Crippen LogP contribution in [0.5, 0.6) is 0 Å². The van der Waals surface area contributed by atoms with Crippen LogP contribution in [0.2, 0.25) is 0 Å². The van der Waals surface area contributed by atoms with Gasteiger partial charge in [0.2, 0.25) is 0 Å². The molecule has 0 aliphatic carbocycles. The first-order valence-corrected chi connectivity index (χ1v) is 8.04. The summed E-state index contributed by atoms with van der Waals surface area (Å²) in [5, 5.41) is 0. The number of carbonyl (C=O) groups is 1. The third-order valence-corrected chi connectivity index (χ3v) is 3.99. The maximum absolute atomic E-state index is 12.3. The Morgan fingerprint density at radius 2 is 2.00 bits per heavy atom. The van der Waals surface area contributed by atoms with Gasteiger partial charge in [0.15, 0.2) is 0 Å². The van der Waals surface area contributed by atoms with E-state index in [0.717, 1.165) is 0 Å². The highest BCUT2D eigenvalue weighted by atomic mass is 35.7. The van der Waals surface area contributed by atoms with Crippen LogP contribution in [-0.2, 0) is 13.8 Å². The van der Waals surface area contributed by atoms with Gasteiger partial charge in [-0.15, -0.1) is 0 Å². The molecule has 0 spiro atoms. The molecule has 1 rings (SSSR count). The second-order valence-electron chi connectivity index (χ2n) is 3.81. The maximum atomic E-state index is 12.3. The van der Waals surface area contributed by atoms with E-state index >= 15 is 0 Å². The first-order valence-electron chi connectivity index (χ1n) is 5.73. The molecule has 5 nitrogen and oxygen atoms in total. The van der Waals surface area contributed by atoms with Crippen molar-refractivity contribution in [2.45, 2.75) is 11.8 Å².